The SMILES string of the molecule is O=C(C[C@H](NC(=O)c1ccccc1)c1ccccc1)Nc1cccc(-n2cnnn2)c1. The molecular formula is C23H20N6O2. The average Bonchev–Trinajstić information content (AvgIpc) is 3.35. The summed E-state index contributed by atoms with van der Waals surface area (Å²) in [5, 5.41) is 16.9. The Morgan fingerprint density at radius 3 is 2.35 bits per heavy atom. The maximum Gasteiger partial charge on any atom is 0.251 e. The molecule has 1 atom stereocenters. The van der Waals surface area contributed by atoms with E-state index in [1.807, 2.05) is 42.5 Å². The second-order valence-corrected chi connectivity index (χ2v) is 6.86. The van der Waals surface area contributed by atoms with Gasteiger partial charge in [0.2, 0.25) is 5.91 Å². The van der Waals surface area contributed by atoms with Crippen LogP contribution in [0, 0.1) is 0 Å². The lowest BCUT2D eigenvalue weighted by Gasteiger charge is -2.19. The van der Waals surface area contributed by atoms with Crippen molar-refractivity contribution in [2.75, 3.05) is 5.32 Å². The summed E-state index contributed by atoms with van der Waals surface area (Å²) in [6.45, 7) is 0. The minimum absolute atomic E-state index is 0.0810. The number of anilines is 1. The van der Waals surface area contributed by atoms with E-state index in [0.717, 1.165) is 11.3 Å². The number of carbonyl (C=O) groups excluding carboxylic acids is 2. The molecule has 2 amide bonds. The first-order valence-electron chi connectivity index (χ1n) is 9.73. The van der Waals surface area contributed by atoms with Gasteiger partial charge in [0, 0.05) is 11.3 Å². The van der Waals surface area contributed by atoms with Crippen molar-refractivity contribution in [3.8, 4) is 5.69 Å². The number of nitrogens with zero attached hydrogens (tertiary/aromatic N) is 4. The van der Waals surface area contributed by atoms with E-state index >= 15 is 0 Å². The molecule has 8 nitrogen and oxygen atoms in total. The molecule has 0 radical (unpaired) electrons. The van der Waals surface area contributed by atoms with Crippen LogP contribution in [0.25, 0.3) is 5.69 Å². The molecular weight excluding hydrogens is 392 g/mol. The van der Waals surface area contributed by atoms with Crippen LogP contribution < -0.4 is 10.6 Å². The van der Waals surface area contributed by atoms with Gasteiger partial charge in [-0.25, -0.2) is 4.68 Å². The Morgan fingerprint density at radius 2 is 1.65 bits per heavy atom. The third kappa shape index (κ3) is 5.18. The van der Waals surface area contributed by atoms with Crippen molar-refractivity contribution < 1.29 is 9.59 Å². The van der Waals surface area contributed by atoms with Gasteiger partial charge in [-0.2, -0.15) is 0 Å². The molecule has 0 unspecified atom stereocenters. The van der Waals surface area contributed by atoms with Crippen LogP contribution >= 0.6 is 0 Å². The summed E-state index contributed by atoms with van der Waals surface area (Å²) in [5.74, 6) is -0.459. The van der Waals surface area contributed by atoms with Crippen LogP contribution in [-0.2, 0) is 4.79 Å². The summed E-state index contributed by atoms with van der Waals surface area (Å²) in [7, 11) is 0. The average molecular weight is 412 g/mol. The fourth-order valence-corrected chi connectivity index (χ4v) is 3.17. The summed E-state index contributed by atoms with van der Waals surface area (Å²) in [6, 6.07) is 25.1. The van der Waals surface area contributed by atoms with Crippen molar-refractivity contribution in [3.05, 3.63) is 102 Å². The van der Waals surface area contributed by atoms with Crippen LogP contribution in [0.1, 0.15) is 28.4 Å². The molecule has 0 aliphatic carbocycles. The fraction of sp³-hybridized carbons (Fsp3) is 0.0870. The van der Waals surface area contributed by atoms with Gasteiger partial charge in [0.1, 0.15) is 6.33 Å². The van der Waals surface area contributed by atoms with Gasteiger partial charge < -0.3 is 10.6 Å². The van der Waals surface area contributed by atoms with E-state index in [4.69, 9.17) is 0 Å². The van der Waals surface area contributed by atoms with Gasteiger partial charge in [-0.1, -0.05) is 54.6 Å². The predicted octanol–water partition coefficient (Wildman–Crippen LogP) is 3.16. The number of hydrogen-bond acceptors (Lipinski definition) is 5. The molecule has 0 fully saturated rings. The molecule has 0 aliphatic heterocycles. The monoisotopic (exact) mass is 412 g/mol. The molecule has 3 aromatic carbocycles. The molecule has 2 N–H and O–H groups in total. The van der Waals surface area contributed by atoms with E-state index in [-0.39, 0.29) is 18.2 Å². The molecule has 4 aromatic rings. The molecule has 31 heavy (non-hydrogen) atoms. The first kappa shape index (κ1) is 20.0. The summed E-state index contributed by atoms with van der Waals surface area (Å²) in [6.07, 6.45) is 1.56. The minimum atomic E-state index is -0.475. The van der Waals surface area contributed by atoms with Crippen molar-refractivity contribution in [1.82, 2.24) is 25.5 Å². The van der Waals surface area contributed by atoms with Crippen molar-refractivity contribution in [1.29, 1.82) is 0 Å². The van der Waals surface area contributed by atoms with E-state index in [1.165, 1.54) is 11.0 Å². The highest BCUT2D eigenvalue weighted by Crippen LogP contribution is 2.20. The Morgan fingerprint density at radius 1 is 0.903 bits per heavy atom. The van der Waals surface area contributed by atoms with Crippen molar-refractivity contribution in [3.63, 3.8) is 0 Å². The lowest BCUT2D eigenvalue weighted by atomic mass is 10.0. The van der Waals surface area contributed by atoms with Crippen LogP contribution in [0.15, 0.2) is 91.3 Å². The predicted molar refractivity (Wildman–Crippen MR) is 115 cm³/mol. The maximum atomic E-state index is 12.8. The number of aromatic nitrogens is 4. The van der Waals surface area contributed by atoms with Crippen molar-refractivity contribution in [2.45, 2.75) is 12.5 Å². The zero-order valence-electron chi connectivity index (χ0n) is 16.6. The molecule has 0 saturated carbocycles. The molecule has 0 bridgehead atoms. The van der Waals surface area contributed by atoms with E-state index in [9.17, 15) is 9.59 Å². The van der Waals surface area contributed by atoms with E-state index in [1.54, 1.807) is 42.5 Å². The fourth-order valence-electron chi connectivity index (χ4n) is 3.17. The second kappa shape index (κ2) is 9.45. The standard InChI is InChI=1S/C23H20N6O2/c30-22(25-19-12-7-13-20(14-19)29-16-24-27-28-29)15-21(17-8-3-1-4-9-17)26-23(31)18-10-5-2-6-11-18/h1-14,16,21H,15H2,(H,25,30)(H,26,31)/t21-/m0/s1. The third-order valence-electron chi connectivity index (χ3n) is 4.68. The number of rotatable bonds is 7. The highest BCUT2D eigenvalue weighted by molar-refractivity contribution is 5.96. The largest absolute Gasteiger partial charge is 0.345 e. The Bertz CT molecular complexity index is 1150. The highest BCUT2D eigenvalue weighted by Gasteiger charge is 2.19. The van der Waals surface area contributed by atoms with E-state index < -0.39 is 6.04 Å². The summed E-state index contributed by atoms with van der Waals surface area (Å²) in [5.41, 5.74) is 2.72. The van der Waals surface area contributed by atoms with Gasteiger partial charge >= 0.3 is 0 Å². The third-order valence-corrected chi connectivity index (χ3v) is 4.68. The molecule has 1 heterocycles. The van der Waals surface area contributed by atoms with Crippen LogP contribution in [0.4, 0.5) is 5.69 Å². The van der Waals surface area contributed by atoms with Gasteiger partial charge in [0.15, 0.2) is 0 Å². The van der Waals surface area contributed by atoms with E-state index in [2.05, 4.69) is 26.2 Å². The van der Waals surface area contributed by atoms with Gasteiger partial charge in [0.25, 0.3) is 5.91 Å². The van der Waals surface area contributed by atoms with Gasteiger partial charge in [0.05, 0.1) is 18.2 Å². The molecule has 1 aromatic heterocycles. The lowest BCUT2D eigenvalue weighted by molar-refractivity contribution is -0.116. The van der Waals surface area contributed by atoms with Crippen molar-refractivity contribution >= 4 is 17.5 Å². The first-order valence-corrected chi connectivity index (χ1v) is 9.73. The normalized spacial score (nSPS) is 11.5. The van der Waals surface area contributed by atoms with Gasteiger partial charge in [-0.15, -0.1) is 5.10 Å². The molecule has 0 saturated heterocycles. The lowest BCUT2D eigenvalue weighted by Crippen LogP contribution is -2.31. The first-order chi connectivity index (χ1) is 15.2. The zero-order chi connectivity index (χ0) is 21.5. The molecule has 4 rings (SSSR count). The molecule has 8 heteroatoms. The Balaban J connectivity index is 1.48. The number of nitrogens with one attached hydrogen (secondary N) is 2. The zero-order valence-corrected chi connectivity index (χ0v) is 16.6. The quantitative estimate of drug-likeness (QED) is 0.485. The number of amides is 2. The van der Waals surface area contributed by atoms with Crippen LogP contribution in [0.2, 0.25) is 0 Å². The number of carbonyl (C=O) groups is 2. The summed E-state index contributed by atoms with van der Waals surface area (Å²) in [4.78, 5) is 25.5. The van der Waals surface area contributed by atoms with E-state index in [0.29, 0.717) is 11.3 Å². The van der Waals surface area contributed by atoms with Crippen LogP contribution in [0.3, 0.4) is 0 Å². The number of benzene rings is 3. The van der Waals surface area contributed by atoms with Gasteiger partial charge in [-0.3, -0.25) is 9.59 Å². The molecule has 0 aliphatic rings. The molecule has 154 valence electrons. The summed E-state index contributed by atoms with van der Waals surface area (Å²) >= 11 is 0. The molecule has 0 spiro atoms. The summed E-state index contributed by atoms with van der Waals surface area (Å²) < 4.78 is 1.50. The van der Waals surface area contributed by atoms with Gasteiger partial charge in [-0.05, 0) is 46.3 Å². The van der Waals surface area contributed by atoms with Crippen LogP contribution in [0.5, 0.6) is 0 Å². The highest BCUT2D eigenvalue weighted by atomic mass is 16.2. The van der Waals surface area contributed by atoms with Crippen molar-refractivity contribution in [2.24, 2.45) is 0 Å². The van der Waals surface area contributed by atoms with Crippen LogP contribution in [-0.4, -0.2) is 32.0 Å². The number of tetrazole rings is 1. The number of hydrogen-bond donors (Lipinski definition) is 2. The second-order valence-electron chi connectivity index (χ2n) is 6.86. The minimum Gasteiger partial charge on any atom is -0.345 e. The Kier molecular flexibility index (Phi) is 6.08. The topological polar surface area (TPSA) is 102 Å². The maximum absolute atomic E-state index is 12.8. The Labute approximate surface area is 178 Å². The smallest absolute Gasteiger partial charge is 0.251 e. The Hall–Kier alpha value is -4.33.